The van der Waals surface area contributed by atoms with Gasteiger partial charge in [0.1, 0.15) is 0 Å². The van der Waals surface area contributed by atoms with Crippen LogP contribution < -0.4 is 10.9 Å². The second-order valence-corrected chi connectivity index (χ2v) is 5.43. The van der Waals surface area contributed by atoms with Gasteiger partial charge in [-0.15, -0.1) is 0 Å². The van der Waals surface area contributed by atoms with Crippen molar-refractivity contribution in [2.45, 2.75) is 19.4 Å². The molecule has 1 aromatic carbocycles. The number of ether oxygens (including phenoxy) is 1. The number of hydrogen-bond donors (Lipinski definition) is 2. The first kappa shape index (κ1) is 13.3. The molecule has 2 aromatic rings. The van der Waals surface area contributed by atoms with Gasteiger partial charge in [-0.1, -0.05) is 18.2 Å². The SMILES string of the molecule is O=c1[nH]c2ccccc2cc1CNCC1CCCOC1. The summed E-state index contributed by atoms with van der Waals surface area (Å²) in [7, 11) is 0. The van der Waals surface area contributed by atoms with Crippen LogP contribution in [0.5, 0.6) is 0 Å². The van der Waals surface area contributed by atoms with E-state index >= 15 is 0 Å². The summed E-state index contributed by atoms with van der Waals surface area (Å²) < 4.78 is 5.46. The zero-order valence-electron chi connectivity index (χ0n) is 11.5. The summed E-state index contributed by atoms with van der Waals surface area (Å²) in [6.07, 6.45) is 2.35. The molecule has 1 atom stereocenters. The third-order valence-corrected chi connectivity index (χ3v) is 3.83. The molecule has 4 nitrogen and oxygen atoms in total. The summed E-state index contributed by atoms with van der Waals surface area (Å²) in [6, 6.07) is 9.83. The average molecular weight is 272 g/mol. The molecule has 2 N–H and O–H groups in total. The Bertz CT molecular complexity index is 630. The van der Waals surface area contributed by atoms with E-state index in [9.17, 15) is 4.79 Å². The Kier molecular flexibility index (Phi) is 4.14. The van der Waals surface area contributed by atoms with E-state index in [2.05, 4.69) is 10.3 Å². The number of hydrogen-bond acceptors (Lipinski definition) is 3. The predicted octanol–water partition coefficient (Wildman–Crippen LogP) is 2.04. The molecule has 0 aliphatic carbocycles. The van der Waals surface area contributed by atoms with Crippen molar-refractivity contribution in [3.05, 3.63) is 46.2 Å². The van der Waals surface area contributed by atoms with Gasteiger partial charge in [0.15, 0.2) is 0 Å². The van der Waals surface area contributed by atoms with Crippen LogP contribution >= 0.6 is 0 Å². The lowest BCUT2D eigenvalue weighted by Gasteiger charge is -2.22. The minimum absolute atomic E-state index is 0.00362. The van der Waals surface area contributed by atoms with Gasteiger partial charge in [-0.05, 0) is 36.3 Å². The number of H-pyrrole nitrogens is 1. The zero-order chi connectivity index (χ0) is 13.8. The quantitative estimate of drug-likeness (QED) is 0.895. The topological polar surface area (TPSA) is 54.1 Å². The van der Waals surface area contributed by atoms with E-state index in [4.69, 9.17) is 4.74 Å². The third kappa shape index (κ3) is 3.08. The molecule has 0 bridgehead atoms. The van der Waals surface area contributed by atoms with E-state index in [-0.39, 0.29) is 5.56 Å². The molecule has 1 saturated heterocycles. The Balaban J connectivity index is 1.64. The molecule has 0 saturated carbocycles. The number of pyridine rings is 1. The number of rotatable bonds is 4. The molecule has 4 heteroatoms. The smallest absolute Gasteiger partial charge is 0.252 e. The number of para-hydroxylation sites is 1. The van der Waals surface area contributed by atoms with Crippen molar-refractivity contribution in [2.24, 2.45) is 5.92 Å². The second kappa shape index (κ2) is 6.20. The molecule has 1 aliphatic heterocycles. The van der Waals surface area contributed by atoms with Crippen LogP contribution in [0.1, 0.15) is 18.4 Å². The van der Waals surface area contributed by atoms with Gasteiger partial charge in [0, 0.05) is 30.8 Å². The molecule has 0 spiro atoms. The van der Waals surface area contributed by atoms with Gasteiger partial charge in [-0.3, -0.25) is 4.79 Å². The molecule has 2 heterocycles. The number of nitrogens with one attached hydrogen (secondary N) is 2. The Labute approximate surface area is 118 Å². The minimum Gasteiger partial charge on any atom is -0.381 e. The lowest BCUT2D eigenvalue weighted by atomic mass is 10.0. The number of fused-ring (bicyclic) bond motifs is 1. The third-order valence-electron chi connectivity index (χ3n) is 3.83. The van der Waals surface area contributed by atoms with Crippen molar-refractivity contribution in [1.82, 2.24) is 10.3 Å². The van der Waals surface area contributed by atoms with Gasteiger partial charge in [0.25, 0.3) is 5.56 Å². The molecule has 0 radical (unpaired) electrons. The summed E-state index contributed by atoms with van der Waals surface area (Å²) in [6.45, 7) is 3.24. The highest BCUT2D eigenvalue weighted by Crippen LogP contribution is 2.13. The van der Waals surface area contributed by atoms with Crippen LogP contribution in [0, 0.1) is 5.92 Å². The summed E-state index contributed by atoms with van der Waals surface area (Å²) in [5.74, 6) is 0.572. The molecule has 1 fully saturated rings. The van der Waals surface area contributed by atoms with Crippen LogP contribution in [-0.4, -0.2) is 24.7 Å². The largest absolute Gasteiger partial charge is 0.381 e. The van der Waals surface area contributed by atoms with Crippen molar-refractivity contribution >= 4 is 10.9 Å². The highest BCUT2D eigenvalue weighted by molar-refractivity contribution is 5.78. The molecule has 1 aromatic heterocycles. The molecule has 3 rings (SSSR count). The first-order valence-electron chi connectivity index (χ1n) is 7.22. The Morgan fingerprint density at radius 2 is 2.25 bits per heavy atom. The molecule has 1 aliphatic rings. The second-order valence-electron chi connectivity index (χ2n) is 5.43. The van der Waals surface area contributed by atoms with E-state index < -0.39 is 0 Å². The lowest BCUT2D eigenvalue weighted by Crippen LogP contribution is -2.30. The molecule has 20 heavy (non-hydrogen) atoms. The van der Waals surface area contributed by atoms with Crippen molar-refractivity contribution in [1.29, 1.82) is 0 Å². The molecule has 0 amide bonds. The zero-order valence-corrected chi connectivity index (χ0v) is 11.5. The van der Waals surface area contributed by atoms with E-state index in [0.717, 1.165) is 42.6 Å². The standard InChI is InChI=1S/C16H20N2O2/c19-16-14(8-13-5-1-2-6-15(13)18-16)10-17-9-12-4-3-7-20-11-12/h1-2,5-6,8,12,17H,3-4,7,9-11H2,(H,18,19). The van der Waals surface area contributed by atoms with Crippen LogP contribution in [0.4, 0.5) is 0 Å². The van der Waals surface area contributed by atoms with Gasteiger partial charge in [-0.2, -0.15) is 0 Å². The van der Waals surface area contributed by atoms with Gasteiger partial charge in [0.2, 0.25) is 0 Å². The monoisotopic (exact) mass is 272 g/mol. The maximum absolute atomic E-state index is 12.0. The fraction of sp³-hybridized carbons (Fsp3) is 0.438. The van der Waals surface area contributed by atoms with Gasteiger partial charge >= 0.3 is 0 Å². The van der Waals surface area contributed by atoms with E-state index in [0.29, 0.717) is 12.5 Å². The van der Waals surface area contributed by atoms with Crippen LogP contribution in [0.2, 0.25) is 0 Å². The van der Waals surface area contributed by atoms with Crippen molar-refractivity contribution in [3.8, 4) is 0 Å². The normalized spacial score (nSPS) is 19.3. The Hall–Kier alpha value is -1.65. The highest BCUT2D eigenvalue weighted by atomic mass is 16.5. The van der Waals surface area contributed by atoms with Gasteiger partial charge in [-0.25, -0.2) is 0 Å². The van der Waals surface area contributed by atoms with Crippen molar-refractivity contribution in [2.75, 3.05) is 19.8 Å². The van der Waals surface area contributed by atoms with Crippen LogP contribution in [0.3, 0.4) is 0 Å². The van der Waals surface area contributed by atoms with E-state index in [1.54, 1.807) is 0 Å². The molecule has 1 unspecified atom stereocenters. The molecular formula is C16H20N2O2. The number of aromatic nitrogens is 1. The van der Waals surface area contributed by atoms with E-state index in [1.165, 1.54) is 6.42 Å². The fourth-order valence-corrected chi connectivity index (χ4v) is 2.70. The van der Waals surface area contributed by atoms with Crippen LogP contribution in [-0.2, 0) is 11.3 Å². The predicted molar refractivity (Wildman–Crippen MR) is 79.8 cm³/mol. The first-order chi connectivity index (χ1) is 9.83. The van der Waals surface area contributed by atoms with E-state index in [1.807, 2.05) is 30.3 Å². The molecule has 106 valence electrons. The van der Waals surface area contributed by atoms with Crippen molar-refractivity contribution in [3.63, 3.8) is 0 Å². The first-order valence-corrected chi connectivity index (χ1v) is 7.22. The highest BCUT2D eigenvalue weighted by Gasteiger charge is 2.13. The maximum Gasteiger partial charge on any atom is 0.252 e. The Morgan fingerprint density at radius 1 is 1.35 bits per heavy atom. The average Bonchev–Trinajstić information content (AvgIpc) is 2.49. The summed E-state index contributed by atoms with van der Waals surface area (Å²) >= 11 is 0. The molecular weight excluding hydrogens is 252 g/mol. The Morgan fingerprint density at radius 3 is 3.10 bits per heavy atom. The van der Waals surface area contributed by atoms with Gasteiger partial charge in [0.05, 0.1) is 6.61 Å². The van der Waals surface area contributed by atoms with Gasteiger partial charge < -0.3 is 15.0 Å². The van der Waals surface area contributed by atoms with Crippen LogP contribution in [0.15, 0.2) is 35.1 Å². The minimum atomic E-state index is -0.00362. The van der Waals surface area contributed by atoms with Crippen LogP contribution in [0.25, 0.3) is 10.9 Å². The summed E-state index contributed by atoms with van der Waals surface area (Å²) in [4.78, 5) is 14.9. The summed E-state index contributed by atoms with van der Waals surface area (Å²) in [5.41, 5.74) is 1.68. The maximum atomic E-state index is 12.0. The number of aromatic amines is 1. The lowest BCUT2D eigenvalue weighted by molar-refractivity contribution is 0.0547. The number of benzene rings is 1. The fourth-order valence-electron chi connectivity index (χ4n) is 2.70. The van der Waals surface area contributed by atoms with Crippen molar-refractivity contribution < 1.29 is 4.74 Å². The summed E-state index contributed by atoms with van der Waals surface area (Å²) in [5, 5.41) is 4.45.